The van der Waals surface area contributed by atoms with E-state index in [0.717, 1.165) is 19.5 Å². The normalized spacial score (nSPS) is 21.0. The van der Waals surface area contributed by atoms with E-state index in [1.165, 1.54) is 6.42 Å². The van der Waals surface area contributed by atoms with Gasteiger partial charge in [0.2, 0.25) is 5.88 Å². The molecule has 78 valence electrons. The third-order valence-electron chi connectivity index (χ3n) is 2.08. The van der Waals surface area contributed by atoms with E-state index in [4.69, 9.17) is 4.74 Å². The number of hydrogen-bond acceptors (Lipinski definition) is 4. The Morgan fingerprint density at radius 1 is 1.43 bits per heavy atom. The van der Waals surface area contributed by atoms with Gasteiger partial charge >= 0.3 is 0 Å². The molecule has 14 heavy (non-hydrogen) atoms. The summed E-state index contributed by atoms with van der Waals surface area (Å²) in [5, 5.41) is 3.28. The maximum absolute atomic E-state index is 5.62. The molecule has 1 fully saturated rings. The Bertz CT molecular complexity index is 251. The van der Waals surface area contributed by atoms with Gasteiger partial charge in [-0.1, -0.05) is 0 Å². The zero-order chi connectivity index (χ0) is 8.93. The first-order valence-electron chi connectivity index (χ1n) is 4.58. The summed E-state index contributed by atoms with van der Waals surface area (Å²) in [5.41, 5.74) is 0. The summed E-state index contributed by atoms with van der Waals surface area (Å²) in [4.78, 5) is 8.00. The molecule has 1 saturated heterocycles. The topological polar surface area (TPSA) is 47.0 Å². The molecule has 1 aromatic heterocycles. The molecule has 2 heterocycles. The van der Waals surface area contributed by atoms with Crippen LogP contribution in [0.5, 0.6) is 5.88 Å². The molecule has 1 aromatic rings. The molecule has 0 amide bonds. The van der Waals surface area contributed by atoms with E-state index in [1.54, 1.807) is 18.6 Å². The number of hydrogen-bond donors (Lipinski definition) is 1. The molecule has 0 saturated carbocycles. The van der Waals surface area contributed by atoms with Crippen LogP contribution >= 0.6 is 12.4 Å². The van der Waals surface area contributed by atoms with E-state index in [1.807, 2.05) is 0 Å². The molecule has 1 atom stereocenters. The van der Waals surface area contributed by atoms with Gasteiger partial charge in [-0.3, -0.25) is 4.98 Å². The highest BCUT2D eigenvalue weighted by Gasteiger charge is 2.14. The van der Waals surface area contributed by atoms with Crippen LogP contribution in [0.4, 0.5) is 0 Å². The smallest absolute Gasteiger partial charge is 0.232 e. The van der Waals surface area contributed by atoms with Crippen molar-refractivity contribution in [3.63, 3.8) is 0 Å². The molecule has 0 radical (unpaired) electrons. The lowest BCUT2D eigenvalue weighted by atomic mass is 10.1. The second-order valence-corrected chi connectivity index (χ2v) is 3.13. The Labute approximate surface area is 89.5 Å². The lowest BCUT2D eigenvalue weighted by molar-refractivity contribution is 0.160. The summed E-state index contributed by atoms with van der Waals surface area (Å²) in [6, 6.07) is 0. The summed E-state index contributed by atoms with van der Waals surface area (Å²) in [7, 11) is 0. The fraction of sp³-hybridized carbons (Fsp3) is 0.556. The van der Waals surface area contributed by atoms with Crippen molar-refractivity contribution in [2.45, 2.75) is 18.9 Å². The predicted molar refractivity (Wildman–Crippen MR) is 55.8 cm³/mol. The van der Waals surface area contributed by atoms with Crippen molar-refractivity contribution in [2.75, 3.05) is 13.1 Å². The van der Waals surface area contributed by atoms with Crippen molar-refractivity contribution >= 4 is 12.4 Å². The quantitative estimate of drug-likeness (QED) is 0.801. The van der Waals surface area contributed by atoms with Gasteiger partial charge < -0.3 is 10.1 Å². The van der Waals surface area contributed by atoms with Crippen LogP contribution in [0.25, 0.3) is 0 Å². The fourth-order valence-corrected chi connectivity index (χ4v) is 1.44. The van der Waals surface area contributed by atoms with Gasteiger partial charge in [-0.2, -0.15) is 0 Å². The minimum absolute atomic E-state index is 0. The summed E-state index contributed by atoms with van der Waals surface area (Å²) >= 11 is 0. The van der Waals surface area contributed by atoms with Gasteiger partial charge in [-0.05, 0) is 19.4 Å². The Hall–Kier alpha value is -0.870. The van der Waals surface area contributed by atoms with Gasteiger partial charge in [0, 0.05) is 18.9 Å². The standard InChI is InChI=1S/C9H13N3O.ClH/c1-2-8(6-10-3-1)13-9-7-11-4-5-12-9;/h4-5,7-8,10H,1-3,6H2;1H/t8-;/m1./s1. The largest absolute Gasteiger partial charge is 0.472 e. The van der Waals surface area contributed by atoms with Crippen LogP contribution in [0.15, 0.2) is 18.6 Å². The molecule has 1 N–H and O–H groups in total. The van der Waals surface area contributed by atoms with Crippen LogP contribution in [-0.4, -0.2) is 29.2 Å². The van der Waals surface area contributed by atoms with Crippen LogP contribution < -0.4 is 10.1 Å². The summed E-state index contributed by atoms with van der Waals surface area (Å²) < 4.78 is 5.62. The first-order chi connectivity index (χ1) is 6.45. The van der Waals surface area contributed by atoms with Crippen LogP contribution in [0.1, 0.15) is 12.8 Å². The third kappa shape index (κ3) is 3.12. The van der Waals surface area contributed by atoms with Gasteiger partial charge in [-0.15, -0.1) is 12.4 Å². The summed E-state index contributed by atoms with van der Waals surface area (Å²) in [6.45, 7) is 2.01. The van der Waals surface area contributed by atoms with Crippen molar-refractivity contribution in [3.05, 3.63) is 18.6 Å². The van der Waals surface area contributed by atoms with Gasteiger partial charge in [0.25, 0.3) is 0 Å². The van der Waals surface area contributed by atoms with Crippen LogP contribution in [0.2, 0.25) is 0 Å². The Kier molecular flexibility index (Phi) is 4.62. The highest BCUT2D eigenvalue weighted by molar-refractivity contribution is 5.85. The second-order valence-electron chi connectivity index (χ2n) is 3.13. The molecule has 2 rings (SSSR count). The molecule has 0 spiro atoms. The molecule has 5 heteroatoms. The number of nitrogens with one attached hydrogen (secondary N) is 1. The average Bonchev–Trinajstić information content (AvgIpc) is 2.21. The Morgan fingerprint density at radius 2 is 2.36 bits per heavy atom. The fourth-order valence-electron chi connectivity index (χ4n) is 1.44. The number of aromatic nitrogens is 2. The van der Waals surface area contributed by atoms with Crippen LogP contribution in [-0.2, 0) is 0 Å². The first kappa shape index (κ1) is 11.2. The molecule has 1 aliphatic rings. The van der Waals surface area contributed by atoms with Crippen LogP contribution in [0, 0.1) is 0 Å². The number of piperidine rings is 1. The highest BCUT2D eigenvalue weighted by atomic mass is 35.5. The number of halogens is 1. The molecule has 1 aliphatic heterocycles. The molecular formula is C9H14ClN3O. The summed E-state index contributed by atoms with van der Waals surface area (Å²) in [6.07, 6.45) is 7.46. The average molecular weight is 216 g/mol. The third-order valence-corrected chi connectivity index (χ3v) is 2.08. The van der Waals surface area contributed by atoms with Crippen molar-refractivity contribution in [1.29, 1.82) is 0 Å². The van der Waals surface area contributed by atoms with Crippen molar-refractivity contribution in [1.82, 2.24) is 15.3 Å². The lowest BCUT2D eigenvalue weighted by Crippen LogP contribution is -2.37. The van der Waals surface area contributed by atoms with Gasteiger partial charge in [0.1, 0.15) is 6.10 Å². The number of ether oxygens (including phenoxy) is 1. The monoisotopic (exact) mass is 215 g/mol. The van der Waals surface area contributed by atoms with Crippen LogP contribution in [0.3, 0.4) is 0 Å². The van der Waals surface area contributed by atoms with E-state index in [-0.39, 0.29) is 18.5 Å². The van der Waals surface area contributed by atoms with E-state index in [0.29, 0.717) is 5.88 Å². The highest BCUT2D eigenvalue weighted by Crippen LogP contribution is 2.10. The predicted octanol–water partition coefficient (Wildman–Crippen LogP) is 1.03. The van der Waals surface area contributed by atoms with Gasteiger partial charge in [0.15, 0.2) is 0 Å². The number of rotatable bonds is 2. The summed E-state index contributed by atoms with van der Waals surface area (Å²) in [5.74, 6) is 0.621. The second kappa shape index (κ2) is 5.78. The van der Waals surface area contributed by atoms with E-state index >= 15 is 0 Å². The molecular weight excluding hydrogens is 202 g/mol. The SMILES string of the molecule is Cl.c1cnc(O[C@@H]2CCCNC2)cn1. The van der Waals surface area contributed by atoms with Gasteiger partial charge in [0.05, 0.1) is 6.20 Å². The minimum atomic E-state index is 0. The number of nitrogens with zero attached hydrogens (tertiary/aromatic N) is 2. The maximum Gasteiger partial charge on any atom is 0.232 e. The minimum Gasteiger partial charge on any atom is -0.472 e. The lowest BCUT2D eigenvalue weighted by Gasteiger charge is -2.22. The van der Waals surface area contributed by atoms with Gasteiger partial charge in [-0.25, -0.2) is 4.98 Å². The molecule has 4 nitrogen and oxygen atoms in total. The Balaban J connectivity index is 0.000000980. The first-order valence-corrected chi connectivity index (χ1v) is 4.58. The zero-order valence-electron chi connectivity index (χ0n) is 7.85. The molecule has 0 aromatic carbocycles. The zero-order valence-corrected chi connectivity index (χ0v) is 8.67. The van der Waals surface area contributed by atoms with E-state index < -0.39 is 0 Å². The van der Waals surface area contributed by atoms with Crippen molar-refractivity contribution in [3.8, 4) is 5.88 Å². The van der Waals surface area contributed by atoms with E-state index in [9.17, 15) is 0 Å². The molecule has 0 bridgehead atoms. The maximum atomic E-state index is 5.62. The molecule has 0 unspecified atom stereocenters. The van der Waals surface area contributed by atoms with E-state index in [2.05, 4.69) is 15.3 Å². The van der Waals surface area contributed by atoms with Crippen molar-refractivity contribution < 1.29 is 4.74 Å². The van der Waals surface area contributed by atoms with Crippen molar-refractivity contribution in [2.24, 2.45) is 0 Å². The Morgan fingerprint density at radius 3 is 3.00 bits per heavy atom. The molecule has 0 aliphatic carbocycles.